The monoisotopic (exact) mass is 334 g/mol. The van der Waals surface area contributed by atoms with Crippen molar-refractivity contribution in [2.45, 2.75) is 13.5 Å². The van der Waals surface area contributed by atoms with Gasteiger partial charge in [-0.15, -0.1) is 10.2 Å². The fourth-order valence-corrected chi connectivity index (χ4v) is 2.19. The first kappa shape index (κ1) is 14.5. The third-order valence-corrected chi connectivity index (χ3v) is 3.38. The van der Waals surface area contributed by atoms with Crippen LogP contribution in [0.15, 0.2) is 34.8 Å². The first-order valence-electron chi connectivity index (χ1n) is 6.15. The Morgan fingerprint density at radius 3 is 2.65 bits per heavy atom. The Morgan fingerprint density at radius 2 is 2.05 bits per heavy atom. The maximum absolute atomic E-state index is 11.3. The topological polar surface area (TPSA) is 66.9 Å². The predicted octanol–water partition coefficient (Wildman–Crippen LogP) is 2.52. The fraction of sp³-hybridized carbons (Fsp3) is 0.214. The molecule has 1 aromatic heterocycles. The minimum Gasteiger partial charge on any atom is -0.364 e. The van der Waals surface area contributed by atoms with Crippen LogP contribution in [0.4, 0.5) is 5.82 Å². The van der Waals surface area contributed by atoms with Crippen molar-refractivity contribution < 1.29 is 4.79 Å². The molecule has 1 aromatic carbocycles. The molecule has 0 aliphatic carbocycles. The van der Waals surface area contributed by atoms with Crippen LogP contribution in [-0.4, -0.2) is 23.2 Å². The molecule has 1 amide bonds. The Morgan fingerprint density at radius 1 is 1.25 bits per heavy atom. The molecule has 0 aliphatic heterocycles. The normalized spacial score (nSPS) is 10.2. The first-order valence-corrected chi connectivity index (χ1v) is 6.94. The second-order valence-corrected chi connectivity index (χ2v) is 5.22. The van der Waals surface area contributed by atoms with Gasteiger partial charge in [0, 0.05) is 18.1 Å². The predicted molar refractivity (Wildman–Crippen MR) is 81.6 cm³/mol. The number of carbonyl (C=O) groups is 1. The van der Waals surface area contributed by atoms with Crippen LogP contribution in [0, 0.1) is 6.92 Å². The van der Waals surface area contributed by atoms with Gasteiger partial charge in [0.1, 0.15) is 5.82 Å². The number of nitrogens with zero attached hydrogens (tertiary/aromatic N) is 2. The number of hydrogen-bond donors (Lipinski definition) is 2. The molecule has 0 saturated heterocycles. The van der Waals surface area contributed by atoms with Gasteiger partial charge < -0.3 is 10.6 Å². The van der Waals surface area contributed by atoms with Crippen molar-refractivity contribution in [3.8, 4) is 0 Å². The van der Waals surface area contributed by atoms with Crippen LogP contribution in [0.2, 0.25) is 0 Å². The van der Waals surface area contributed by atoms with E-state index in [1.54, 1.807) is 19.2 Å². The summed E-state index contributed by atoms with van der Waals surface area (Å²) < 4.78 is 1.06. The molecule has 5 nitrogen and oxygen atoms in total. The third kappa shape index (κ3) is 3.54. The standard InChI is InChI=1S/C14H15BrN4O/c1-9-7-11(15)4-3-10(9)8-17-13-6-5-12(18-19-13)14(20)16-2/h3-7H,8H2,1-2H3,(H,16,20)(H,17,19). The lowest BCUT2D eigenvalue weighted by Gasteiger charge is -2.08. The number of amides is 1. The van der Waals surface area contributed by atoms with Crippen molar-refractivity contribution >= 4 is 27.7 Å². The van der Waals surface area contributed by atoms with Gasteiger partial charge in [-0.3, -0.25) is 4.79 Å². The van der Waals surface area contributed by atoms with Gasteiger partial charge >= 0.3 is 0 Å². The van der Waals surface area contributed by atoms with Crippen LogP contribution in [0.3, 0.4) is 0 Å². The van der Waals surface area contributed by atoms with Crippen molar-refractivity contribution in [2.24, 2.45) is 0 Å². The summed E-state index contributed by atoms with van der Waals surface area (Å²) in [6.07, 6.45) is 0. The smallest absolute Gasteiger partial charge is 0.271 e. The van der Waals surface area contributed by atoms with E-state index < -0.39 is 0 Å². The van der Waals surface area contributed by atoms with E-state index in [1.165, 1.54) is 11.1 Å². The molecule has 0 unspecified atom stereocenters. The number of anilines is 1. The summed E-state index contributed by atoms with van der Waals surface area (Å²) in [6.45, 7) is 2.72. The van der Waals surface area contributed by atoms with Gasteiger partial charge in [0.25, 0.3) is 5.91 Å². The molecule has 2 N–H and O–H groups in total. The summed E-state index contributed by atoms with van der Waals surface area (Å²) in [5.41, 5.74) is 2.69. The van der Waals surface area contributed by atoms with E-state index in [-0.39, 0.29) is 5.91 Å². The Hall–Kier alpha value is -1.95. The lowest BCUT2D eigenvalue weighted by molar-refractivity contribution is 0.0957. The van der Waals surface area contributed by atoms with Crippen molar-refractivity contribution in [3.63, 3.8) is 0 Å². The van der Waals surface area contributed by atoms with Crippen LogP contribution >= 0.6 is 15.9 Å². The van der Waals surface area contributed by atoms with Gasteiger partial charge in [0.15, 0.2) is 5.69 Å². The number of aryl methyl sites for hydroxylation is 1. The van der Waals surface area contributed by atoms with Crippen LogP contribution in [0.25, 0.3) is 0 Å². The molecular formula is C14H15BrN4O. The molecule has 0 fully saturated rings. The molecular weight excluding hydrogens is 320 g/mol. The molecule has 0 atom stereocenters. The molecule has 0 radical (unpaired) electrons. The summed E-state index contributed by atoms with van der Waals surface area (Å²) in [5, 5.41) is 13.5. The first-order chi connectivity index (χ1) is 9.60. The second kappa shape index (κ2) is 6.47. The highest BCUT2D eigenvalue weighted by molar-refractivity contribution is 9.10. The van der Waals surface area contributed by atoms with Gasteiger partial charge in [-0.2, -0.15) is 0 Å². The van der Waals surface area contributed by atoms with Crippen molar-refractivity contribution in [3.05, 3.63) is 51.6 Å². The Balaban J connectivity index is 2.02. The number of benzene rings is 1. The molecule has 0 spiro atoms. The summed E-state index contributed by atoms with van der Waals surface area (Å²) in [7, 11) is 1.56. The molecule has 20 heavy (non-hydrogen) atoms. The Labute approximate surface area is 125 Å². The molecule has 0 bridgehead atoms. The Bertz CT molecular complexity index is 613. The lowest BCUT2D eigenvalue weighted by Crippen LogP contribution is -2.19. The van der Waals surface area contributed by atoms with Crippen LogP contribution < -0.4 is 10.6 Å². The quantitative estimate of drug-likeness (QED) is 0.901. The van der Waals surface area contributed by atoms with E-state index in [9.17, 15) is 4.79 Å². The highest BCUT2D eigenvalue weighted by Crippen LogP contribution is 2.16. The minimum atomic E-state index is -0.243. The van der Waals surface area contributed by atoms with Crippen molar-refractivity contribution in [1.29, 1.82) is 0 Å². The van der Waals surface area contributed by atoms with E-state index in [2.05, 4.69) is 55.8 Å². The number of rotatable bonds is 4. The number of nitrogens with one attached hydrogen (secondary N) is 2. The highest BCUT2D eigenvalue weighted by atomic mass is 79.9. The van der Waals surface area contributed by atoms with Crippen molar-refractivity contribution in [1.82, 2.24) is 15.5 Å². The van der Waals surface area contributed by atoms with E-state index in [0.29, 0.717) is 18.1 Å². The average molecular weight is 335 g/mol. The minimum absolute atomic E-state index is 0.243. The van der Waals surface area contributed by atoms with Gasteiger partial charge in [-0.25, -0.2) is 0 Å². The van der Waals surface area contributed by atoms with E-state index in [0.717, 1.165) is 4.47 Å². The summed E-state index contributed by atoms with van der Waals surface area (Å²) in [6, 6.07) is 9.51. The van der Waals surface area contributed by atoms with Gasteiger partial charge in [-0.1, -0.05) is 22.0 Å². The molecule has 2 aromatic rings. The molecule has 104 valence electrons. The highest BCUT2D eigenvalue weighted by Gasteiger charge is 2.05. The van der Waals surface area contributed by atoms with E-state index in [4.69, 9.17) is 0 Å². The number of halogens is 1. The molecule has 1 heterocycles. The third-order valence-electron chi connectivity index (χ3n) is 2.89. The lowest BCUT2D eigenvalue weighted by atomic mass is 10.1. The molecule has 2 rings (SSSR count). The molecule has 0 saturated carbocycles. The Kier molecular flexibility index (Phi) is 4.68. The zero-order chi connectivity index (χ0) is 14.5. The SMILES string of the molecule is CNC(=O)c1ccc(NCc2ccc(Br)cc2C)nn1. The molecule has 6 heteroatoms. The van der Waals surface area contributed by atoms with Crippen LogP contribution in [0.5, 0.6) is 0 Å². The average Bonchev–Trinajstić information content (AvgIpc) is 2.46. The van der Waals surface area contributed by atoms with Gasteiger partial charge in [0.2, 0.25) is 0 Å². The maximum atomic E-state index is 11.3. The van der Waals surface area contributed by atoms with E-state index >= 15 is 0 Å². The summed E-state index contributed by atoms with van der Waals surface area (Å²) >= 11 is 3.44. The van der Waals surface area contributed by atoms with Gasteiger partial charge in [-0.05, 0) is 42.3 Å². The zero-order valence-corrected chi connectivity index (χ0v) is 12.9. The van der Waals surface area contributed by atoms with Crippen LogP contribution in [-0.2, 0) is 6.54 Å². The van der Waals surface area contributed by atoms with Crippen molar-refractivity contribution in [2.75, 3.05) is 12.4 Å². The number of aromatic nitrogens is 2. The maximum Gasteiger partial charge on any atom is 0.271 e. The second-order valence-electron chi connectivity index (χ2n) is 4.31. The fourth-order valence-electron chi connectivity index (χ4n) is 1.72. The number of hydrogen-bond acceptors (Lipinski definition) is 4. The van der Waals surface area contributed by atoms with Crippen LogP contribution in [0.1, 0.15) is 21.6 Å². The van der Waals surface area contributed by atoms with E-state index in [1.807, 2.05) is 6.07 Å². The zero-order valence-electron chi connectivity index (χ0n) is 11.3. The summed E-state index contributed by atoms with van der Waals surface area (Å²) in [4.78, 5) is 11.3. The summed E-state index contributed by atoms with van der Waals surface area (Å²) in [5.74, 6) is 0.396. The van der Waals surface area contributed by atoms with Gasteiger partial charge in [0.05, 0.1) is 0 Å². The number of carbonyl (C=O) groups excluding carboxylic acids is 1. The largest absolute Gasteiger partial charge is 0.364 e. The molecule has 0 aliphatic rings.